The van der Waals surface area contributed by atoms with Gasteiger partial charge in [0.1, 0.15) is 6.61 Å². The molecule has 0 amide bonds. The molecule has 1 fully saturated rings. The lowest BCUT2D eigenvalue weighted by atomic mass is 9.90. The van der Waals surface area contributed by atoms with Crippen molar-refractivity contribution in [3.63, 3.8) is 0 Å². The van der Waals surface area contributed by atoms with Crippen LogP contribution in [0.15, 0.2) is 36.4 Å². The molecule has 0 bridgehead atoms. The second-order valence-electron chi connectivity index (χ2n) is 8.28. The van der Waals surface area contributed by atoms with Gasteiger partial charge in [-0.2, -0.15) is 8.78 Å². The SMILES string of the molecule is CCCCOc1ccc(OCC2CCC(c3ccc(CCCC)cc3)CO2)c(F)c1F. The molecule has 170 valence electrons. The van der Waals surface area contributed by atoms with E-state index in [0.29, 0.717) is 19.1 Å². The van der Waals surface area contributed by atoms with Gasteiger partial charge in [-0.15, -0.1) is 0 Å². The van der Waals surface area contributed by atoms with Crippen molar-refractivity contribution in [2.24, 2.45) is 0 Å². The van der Waals surface area contributed by atoms with Crippen LogP contribution in [-0.4, -0.2) is 25.9 Å². The van der Waals surface area contributed by atoms with Gasteiger partial charge in [-0.1, -0.05) is 51.0 Å². The largest absolute Gasteiger partial charge is 0.490 e. The summed E-state index contributed by atoms with van der Waals surface area (Å²) in [5, 5.41) is 0. The average Bonchev–Trinajstić information content (AvgIpc) is 2.81. The van der Waals surface area contributed by atoms with E-state index in [1.54, 1.807) is 0 Å². The van der Waals surface area contributed by atoms with Crippen LogP contribution in [0.4, 0.5) is 8.78 Å². The highest BCUT2D eigenvalue weighted by molar-refractivity contribution is 5.35. The minimum absolute atomic E-state index is 0.0734. The smallest absolute Gasteiger partial charge is 0.204 e. The second-order valence-corrected chi connectivity index (χ2v) is 8.28. The third-order valence-electron chi connectivity index (χ3n) is 5.83. The lowest BCUT2D eigenvalue weighted by Crippen LogP contribution is -2.29. The number of benzene rings is 2. The molecule has 0 radical (unpaired) electrons. The van der Waals surface area contributed by atoms with Crippen LogP contribution in [0.2, 0.25) is 0 Å². The summed E-state index contributed by atoms with van der Waals surface area (Å²) in [5.74, 6) is -1.82. The number of unbranched alkanes of at least 4 members (excludes halogenated alkanes) is 2. The molecule has 3 nitrogen and oxygen atoms in total. The van der Waals surface area contributed by atoms with Gasteiger partial charge in [0.2, 0.25) is 11.6 Å². The molecule has 31 heavy (non-hydrogen) atoms. The summed E-state index contributed by atoms with van der Waals surface area (Å²) >= 11 is 0. The van der Waals surface area contributed by atoms with Gasteiger partial charge in [0.15, 0.2) is 11.5 Å². The molecule has 0 spiro atoms. The van der Waals surface area contributed by atoms with Crippen molar-refractivity contribution >= 4 is 0 Å². The van der Waals surface area contributed by atoms with Gasteiger partial charge in [-0.05, 0) is 55.4 Å². The zero-order chi connectivity index (χ0) is 22.1. The highest BCUT2D eigenvalue weighted by Crippen LogP contribution is 2.31. The lowest BCUT2D eigenvalue weighted by Gasteiger charge is -2.29. The Kier molecular flexibility index (Phi) is 9.13. The van der Waals surface area contributed by atoms with E-state index in [1.165, 1.54) is 36.1 Å². The van der Waals surface area contributed by atoms with Crippen LogP contribution in [0.5, 0.6) is 11.5 Å². The summed E-state index contributed by atoms with van der Waals surface area (Å²) < 4.78 is 45.3. The first-order valence-electron chi connectivity index (χ1n) is 11.6. The fourth-order valence-corrected chi connectivity index (χ4v) is 3.78. The fourth-order valence-electron chi connectivity index (χ4n) is 3.78. The maximum atomic E-state index is 14.3. The van der Waals surface area contributed by atoms with Crippen LogP contribution < -0.4 is 9.47 Å². The summed E-state index contributed by atoms with van der Waals surface area (Å²) in [6.07, 6.45) is 6.96. The minimum atomic E-state index is -1.01. The molecule has 1 saturated heterocycles. The topological polar surface area (TPSA) is 27.7 Å². The fraction of sp³-hybridized carbons (Fsp3) is 0.538. The molecule has 0 aromatic heterocycles. The minimum Gasteiger partial charge on any atom is -0.490 e. The Morgan fingerprint density at radius 1 is 0.871 bits per heavy atom. The summed E-state index contributed by atoms with van der Waals surface area (Å²) in [5.41, 5.74) is 2.68. The van der Waals surface area contributed by atoms with Crippen molar-refractivity contribution in [3.05, 3.63) is 59.2 Å². The Hall–Kier alpha value is -2.14. The zero-order valence-corrected chi connectivity index (χ0v) is 18.7. The van der Waals surface area contributed by atoms with E-state index in [4.69, 9.17) is 14.2 Å². The van der Waals surface area contributed by atoms with E-state index in [0.717, 1.165) is 32.1 Å². The number of hydrogen-bond acceptors (Lipinski definition) is 3. The molecule has 5 heteroatoms. The van der Waals surface area contributed by atoms with Crippen LogP contribution in [-0.2, 0) is 11.2 Å². The van der Waals surface area contributed by atoms with E-state index in [2.05, 4.69) is 31.2 Å². The van der Waals surface area contributed by atoms with Gasteiger partial charge < -0.3 is 14.2 Å². The molecule has 2 aromatic carbocycles. The number of aryl methyl sites for hydroxylation is 1. The highest BCUT2D eigenvalue weighted by Gasteiger charge is 2.24. The van der Waals surface area contributed by atoms with Crippen LogP contribution in [0, 0.1) is 11.6 Å². The first-order valence-corrected chi connectivity index (χ1v) is 11.6. The van der Waals surface area contributed by atoms with E-state index in [-0.39, 0.29) is 24.2 Å². The third-order valence-corrected chi connectivity index (χ3v) is 5.83. The molecule has 2 unspecified atom stereocenters. The summed E-state index contributed by atoms with van der Waals surface area (Å²) in [4.78, 5) is 0. The van der Waals surface area contributed by atoms with Gasteiger partial charge in [0.05, 0.1) is 19.3 Å². The number of ether oxygens (including phenoxy) is 3. The quantitative estimate of drug-likeness (QED) is 0.364. The van der Waals surface area contributed by atoms with Gasteiger partial charge in [-0.3, -0.25) is 0 Å². The third kappa shape index (κ3) is 6.67. The second kappa shape index (κ2) is 12.0. The zero-order valence-electron chi connectivity index (χ0n) is 18.7. The molecular weight excluding hydrogens is 398 g/mol. The van der Waals surface area contributed by atoms with Gasteiger partial charge in [0, 0.05) is 5.92 Å². The maximum absolute atomic E-state index is 14.3. The molecule has 0 saturated carbocycles. The molecule has 3 rings (SSSR count). The van der Waals surface area contributed by atoms with Gasteiger partial charge in [-0.25, -0.2) is 0 Å². The van der Waals surface area contributed by atoms with E-state index < -0.39 is 11.6 Å². The molecule has 0 N–H and O–H groups in total. The molecular formula is C26H34F2O3. The first kappa shape index (κ1) is 23.5. The predicted molar refractivity (Wildman–Crippen MR) is 119 cm³/mol. The summed E-state index contributed by atoms with van der Waals surface area (Å²) in [6, 6.07) is 11.7. The van der Waals surface area contributed by atoms with Crippen molar-refractivity contribution in [3.8, 4) is 11.5 Å². The van der Waals surface area contributed by atoms with Crippen molar-refractivity contribution in [2.75, 3.05) is 19.8 Å². The standard InChI is InChI=1S/C26H34F2O3/c1-3-5-7-19-8-10-20(11-9-19)21-12-13-22(30-17-21)18-31-24-15-14-23(25(27)26(24)28)29-16-6-4-2/h8-11,14-15,21-22H,3-7,12-13,16-18H2,1-2H3. The summed E-state index contributed by atoms with van der Waals surface area (Å²) in [7, 11) is 0. The first-order chi connectivity index (χ1) is 15.1. The maximum Gasteiger partial charge on any atom is 0.204 e. The number of hydrogen-bond donors (Lipinski definition) is 0. The van der Waals surface area contributed by atoms with Crippen molar-refractivity contribution in [2.45, 2.75) is 70.8 Å². The molecule has 0 aliphatic carbocycles. The van der Waals surface area contributed by atoms with Gasteiger partial charge in [0.25, 0.3) is 0 Å². The lowest BCUT2D eigenvalue weighted by molar-refractivity contribution is -0.0219. The van der Waals surface area contributed by atoms with Crippen molar-refractivity contribution in [1.29, 1.82) is 0 Å². The number of halogens is 2. The van der Waals surface area contributed by atoms with Crippen LogP contribution in [0.25, 0.3) is 0 Å². The monoisotopic (exact) mass is 432 g/mol. The van der Waals surface area contributed by atoms with Crippen LogP contribution in [0.3, 0.4) is 0 Å². The Labute approximate surface area is 184 Å². The van der Waals surface area contributed by atoms with Crippen molar-refractivity contribution in [1.82, 2.24) is 0 Å². The van der Waals surface area contributed by atoms with Crippen LogP contribution in [0.1, 0.15) is 69.4 Å². The molecule has 2 aromatic rings. The normalized spacial score (nSPS) is 18.7. The molecule has 2 atom stereocenters. The van der Waals surface area contributed by atoms with Gasteiger partial charge >= 0.3 is 0 Å². The Bertz CT molecular complexity index is 799. The predicted octanol–water partition coefficient (Wildman–Crippen LogP) is 6.83. The van der Waals surface area contributed by atoms with Crippen molar-refractivity contribution < 1.29 is 23.0 Å². The molecule has 1 aliphatic rings. The van der Waals surface area contributed by atoms with Crippen LogP contribution >= 0.6 is 0 Å². The number of rotatable bonds is 11. The summed E-state index contributed by atoms with van der Waals surface area (Å²) in [6.45, 7) is 5.40. The Morgan fingerprint density at radius 2 is 1.55 bits per heavy atom. The van der Waals surface area contributed by atoms with E-state index in [1.807, 2.05) is 6.92 Å². The molecule has 1 heterocycles. The average molecular weight is 433 g/mol. The molecule has 1 aliphatic heterocycles. The van der Waals surface area contributed by atoms with E-state index in [9.17, 15) is 8.78 Å². The van der Waals surface area contributed by atoms with E-state index >= 15 is 0 Å². The Balaban J connectivity index is 1.46. The Morgan fingerprint density at radius 3 is 2.16 bits per heavy atom. The highest BCUT2D eigenvalue weighted by atomic mass is 19.2.